The lowest BCUT2D eigenvalue weighted by Crippen LogP contribution is -1.91. The summed E-state index contributed by atoms with van der Waals surface area (Å²) in [5, 5.41) is 20.0. The van der Waals surface area contributed by atoms with Crippen molar-refractivity contribution >= 4 is 48.8 Å². The van der Waals surface area contributed by atoms with E-state index < -0.39 is 0 Å². The molecule has 0 amide bonds. The van der Waals surface area contributed by atoms with Gasteiger partial charge in [0.25, 0.3) is 5.69 Å². The molecule has 0 N–H and O–H groups in total. The van der Waals surface area contributed by atoms with Crippen molar-refractivity contribution in [1.82, 2.24) is 0 Å². The number of non-ortho nitro benzene ring substituents is 1. The Labute approximate surface area is 131 Å². The zero-order chi connectivity index (χ0) is 15.6. The summed E-state index contributed by atoms with van der Waals surface area (Å²) in [7, 11) is 0. The Morgan fingerprint density at radius 1 is 0.652 bits per heavy atom. The zero-order valence-corrected chi connectivity index (χ0v) is 12.1. The maximum atomic E-state index is 11.3. The van der Waals surface area contributed by atoms with E-state index in [9.17, 15) is 10.1 Å². The lowest BCUT2D eigenvalue weighted by Gasteiger charge is -2.14. The molecule has 0 radical (unpaired) electrons. The maximum absolute atomic E-state index is 11.3. The van der Waals surface area contributed by atoms with Crippen LogP contribution >= 0.6 is 0 Å². The maximum Gasteiger partial charge on any atom is 0.270 e. The van der Waals surface area contributed by atoms with Gasteiger partial charge in [0.05, 0.1) is 4.92 Å². The Hall–Kier alpha value is -3.20. The predicted octanol–water partition coefficient (Wildman–Crippen LogP) is 5.65. The minimum absolute atomic E-state index is 0.140. The molecular formula is C20H11NO2. The van der Waals surface area contributed by atoms with Crippen molar-refractivity contribution in [1.29, 1.82) is 0 Å². The number of nitro groups is 1. The highest BCUT2D eigenvalue weighted by molar-refractivity contribution is 6.33. The van der Waals surface area contributed by atoms with Gasteiger partial charge in [-0.3, -0.25) is 10.1 Å². The average Bonchev–Trinajstić information content (AvgIpc) is 2.60. The first kappa shape index (κ1) is 12.4. The van der Waals surface area contributed by atoms with Crippen molar-refractivity contribution in [2.45, 2.75) is 0 Å². The van der Waals surface area contributed by atoms with Crippen LogP contribution in [0.5, 0.6) is 0 Å². The van der Waals surface area contributed by atoms with Gasteiger partial charge in [-0.25, -0.2) is 0 Å². The largest absolute Gasteiger partial charge is 0.270 e. The summed E-state index contributed by atoms with van der Waals surface area (Å²) >= 11 is 0. The summed E-state index contributed by atoms with van der Waals surface area (Å²) in [6, 6.07) is 21.8. The average molecular weight is 297 g/mol. The van der Waals surface area contributed by atoms with E-state index in [2.05, 4.69) is 24.3 Å². The highest BCUT2D eigenvalue weighted by Gasteiger charge is 2.16. The standard InChI is InChI=1S/C20H11NO2/c22-21(23)14-10-13-9-8-12-4-3-7-17-15-5-1-2-6-16(15)18(11-14)20(13)19(12)17/h1-11H. The van der Waals surface area contributed by atoms with Gasteiger partial charge in [0.15, 0.2) is 0 Å². The monoisotopic (exact) mass is 297 g/mol. The van der Waals surface area contributed by atoms with Crippen molar-refractivity contribution in [2.75, 3.05) is 0 Å². The molecule has 0 fully saturated rings. The molecule has 0 atom stereocenters. The van der Waals surface area contributed by atoms with Crippen LogP contribution in [-0.4, -0.2) is 4.92 Å². The normalized spacial score (nSPS) is 11.8. The van der Waals surface area contributed by atoms with E-state index in [-0.39, 0.29) is 10.6 Å². The Bertz CT molecular complexity index is 1240. The summed E-state index contributed by atoms with van der Waals surface area (Å²) in [5.41, 5.74) is 0.140. The van der Waals surface area contributed by atoms with Crippen molar-refractivity contribution in [3.63, 3.8) is 0 Å². The number of nitro benzene ring substituents is 1. The first-order valence-electron chi connectivity index (χ1n) is 7.48. The topological polar surface area (TPSA) is 43.1 Å². The summed E-state index contributed by atoms with van der Waals surface area (Å²) in [6.07, 6.45) is 0. The van der Waals surface area contributed by atoms with E-state index in [0.717, 1.165) is 26.9 Å². The van der Waals surface area contributed by atoms with Crippen molar-refractivity contribution in [3.05, 3.63) is 76.8 Å². The van der Waals surface area contributed by atoms with Crippen LogP contribution in [-0.2, 0) is 0 Å². The van der Waals surface area contributed by atoms with Crippen LogP contribution in [0.2, 0.25) is 0 Å². The number of fused-ring (bicyclic) bond motifs is 3. The van der Waals surface area contributed by atoms with E-state index in [4.69, 9.17) is 0 Å². The lowest BCUT2D eigenvalue weighted by atomic mass is 9.89. The fourth-order valence-electron chi connectivity index (χ4n) is 3.72. The van der Waals surface area contributed by atoms with Gasteiger partial charge in [0.1, 0.15) is 0 Å². The van der Waals surface area contributed by atoms with Crippen molar-refractivity contribution < 1.29 is 4.92 Å². The fourth-order valence-corrected chi connectivity index (χ4v) is 3.72. The first-order chi connectivity index (χ1) is 11.2. The molecule has 0 unspecified atom stereocenters. The molecule has 5 aromatic rings. The van der Waals surface area contributed by atoms with Crippen LogP contribution in [0.15, 0.2) is 66.7 Å². The second kappa shape index (κ2) is 4.17. The molecule has 5 rings (SSSR count). The lowest BCUT2D eigenvalue weighted by molar-refractivity contribution is -0.384. The summed E-state index contributed by atoms with van der Waals surface area (Å²) in [6.45, 7) is 0. The SMILES string of the molecule is O=[N+]([O-])c1cc2ccc3cccc4c5ccccc5c(c1)c2c34. The molecule has 0 aliphatic heterocycles. The first-order valence-corrected chi connectivity index (χ1v) is 7.48. The zero-order valence-electron chi connectivity index (χ0n) is 12.1. The molecular weight excluding hydrogens is 286 g/mol. The number of hydrogen-bond acceptors (Lipinski definition) is 2. The highest BCUT2D eigenvalue weighted by atomic mass is 16.6. The molecule has 0 spiro atoms. The van der Waals surface area contributed by atoms with E-state index in [0.29, 0.717) is 0 Å². The molecule has 5 aromatic carbocycles. The molecule has 0 saturated carbocycles. The van der Waals surface area contributed by atoms with Gasteiger partial charge in [0, 0.05) is 12.1 Å². The van der Waals surface area contributed by atoms with Gasteiger partial charge in [-0.15, -0.1) is 0 Å². The molecule has 0 aliphatic rings. The second-order valence-corrected chi connectivity index (χ2v) is 5.86. The van der Waals surface area contributed by atoms with E-state index in [1.165, 1.54) is 16.2 Å². The van der Waals surface area contributed by atoms with Crippen molar-refractivity contribution in [3.8, 4) is 0 Å². The van der Waals surface area contributed by atoms with Gasteiger partial charge >= 0.3 is 0 Å². The van der Waals surface area contributed by atoms with Crippen LogP contribution in [0.25, 0.3) is 43.1 Å². The Morgan fingerprint density at radius 2 is 1.30 bits per heavy atom. The smallest absolute Gasteiger partial charge is 0.258 e. The predicted molar refractivity (Wildman–Crippen MR) is 94.3 cm³/mol. The van der Waals surface area contributed by atoms with Gasteiger partial charge in [-0.2, -0.15) is 0 Å². The van der Waals surface area contributed by atoms with Crippen LogP contribution < -0.4 is 0 Å². The number of rotatable bonds is 1. The molecule has 0 heterocycles. The van der Waals surface area contributed by atoms with Crippen LogP contribution in [0.3, 0.4) is 0 Å². The van der Waals surface area contributed by atoms with Gasteiger partial charge < -0.3 is 0 Å². The van der Waals surface area contributed by atoms with Gasteiger partial charge in [0.2, 0.25) is 0 Å². The minimum atomic E-state index is -0.316. The van der Waals surface area contributed by atoms with Gasteiger partial charge in [-0.05, 0) is 43.1 Å². The quantitative estimate of drug-likeness (QED) is 0.174. The number of nitrogens with zero attached hydrogens (tertiary/aromatic N) is 1. The van der Waals surface area contributed by atoms with Crippen LogP contribution in [0, 0.1) is 10.1 Å². The molecule has 0 aromatic heterocycles. The highest BCUT2D eigenvalue weighted by Crippen LogP contribution is 2.41. The molecule has 0 bridgehead atoms. The third kappa shape index (κ3) is 1.53. The third-order valence-electron chi connectivity index (χ3n) is 4.66. The molecule has 3 nitrogen and oxygen atoms in total. The number of benzene rings is 5. The summed E-state index contributed by atoms with van der Waals surface area (Å²) < 4.78 is 0. The third-order valence-corrected chi connectivity index (χ3v) is 4.66. The second-order valence-electron chi connectivity index (χ2n) is 5.86. The molecule has 3 heteroatoms. The Kier molecular flexibility index (Phi) is 2.24. The number of hydrogen-bond donors (Lipinski definition) is 0. The van der Waals surface area contributed by atoms with Gasteiger partial charge in [-0.1, -0.05) is 54.6 Å². The molecule has 0 aliphatic carbocycles. The Balaban J connectivity index is 2.22. The Morgan fingerprint density at radius 3 is 2.09 bits per heavy atom. The van der Waals surface area contributed by atoms with Crippen molar-refractivity contribution in [2.24, 2.45) is 0 Å². The van der Waals surface area contributed by atoms with Crippen LogP contribution in [0.1, 0.15) is 0 Å². The fraction of sp³-hybridized carbons (Fsp3) is 0. The minimum Gasteiger partial charge on any atom is -0.258 e. The van der Waals surface area contributed by atoms with E-state index >= 15 is 0 Å². The summed E-state index contributed by atoms with van der Waals surface area (Å²) in [5.74, 6) is 0. The van der Waals surface area contributed by atoms with Crippen LogP contribution in [0.4, 0.5) is 5.69 Å². The van der Waals surface area contributed by atoms with E-state index in [1.54, 1.807) is 12.1 Å². The summed E-state index contributed by atoms with van der Waals surface area (Å²) in [4.78, 5) is 11.0. The molecule has 108 valence electrons. The molecule has 0 saturated heterocycles. The van der Waals surface area contributed by atoms with E-state index in [1.807, 2.05) is 30.3 Å². The molecule has 23 heavy (non-hydrogen) atoms.